The summed E-state index contributed by atoms with van der Waals surface area (Å²) in [5, 5.41) is 0. The largest absolute Gasteiger partial charge is 0.357 e. The van der Waals surface area contributed by atoms with Crippen molar-refractivity contribution >= 4 is 5.82 Å². The summed E-state index contributed by atoms with van der Waals surface area (Å²) in [6.07, 6.45) is 3.10. The fourth-order valence-electron chi connectivity index (χ4n) is 1.48. The molecular weight excluding hydrogens is 184 g/mol. The highest BCUT2D eigenvalue weighted by molar-refractivity contribution is 5.39. The number of pyridine rings is 1. The average Bonchev–Trinajstić information content (AvgIpc) is 2.17. The molecule has 0 aromatic carbocycles. The van der Waals surface area contributed by atoms with E-state index in [4.69, 9.17) is 0 Å². The molecule has 0 amide bonds. The summed E-state index contributed by atoms with van der Waals surface area (Å²) < 4.78 is 0. The van der Waals surface area contributed by atoms with Crippen LogP contribution >= 0.6 is 0 Å². The summed E-state index contributed by atoms with van der Waals surface area (Å²) in [6.45, 7) is 8.80. The minimum atomic E-state index is 0.494. The van der Waals surface area contributed by atoms with Gasteiger partial charge in [-0.2, -0.15) is 0 Å². The molecule has 0 aliphatic rings. The highest BCUT2D eigenvalue weighted by Gasteiger charge is 2.06. The van der Waals surface area contributed by atoms with E-state index in [-0.39, 0.29) is 0 Å². The Kier molecular flexibility index (Phi) is 4.13. The smallest absolute Gasteiger partial charge is 0.128 e. The maximum absolute atomic E-state index is 4.48. The first-order valence-electron chi connectivity index (χ1n) is 5.68. The van der Waals surface area contributed by atoms with Gasteiger partial charge in [-0.05, 0) is 37.8 Å². The molecule has 0 atom stereocenters. The van der Waals surface area contributed by atoms with E-state index in [2.05, 4.69) is 56.8 Å². The molecule has 0 aliphatic carbocycles. The minimum absolute atomic E-state index is 0.494. The maximum atomic E-state index is 4.48. The molecule has 2 heteroatoms. The lowest BCUT2D eigenvalue weighted by molar-refractivity contribution is 0.645. The second-order valence-corrected chi connectivity index (χ2v) is 4.83. The molecule has 1 heterocycles. The van der Waals surface area contributed by atoms with Gasteiger partial charge in [-0.1, -0.05) is 19.9 Å². The zero-order valence-electron chi connectivity index (χ0n) is 10.5. The van der Waals surface area contributed by atoms with Gasteiger partial charge in [0, 0.05) is 19.3 Å². The molecule has 0 unspecified atom stereocenters. The third-order valence-electron chi connectivity index (χ3n) is 2.59. The Balaban J connectivity index is 2.72. The Bertz CT molecular complexity index is 288. The lowest BCUT2D eigenvalue weighted by atomic mass is 10.1. The van der Waals surface area contributed by atoms with Crippen molar-refractivity contribution in [1.29, 1.82) is 0 Å². The molecular formula is C13H22N2. The molecule has 1 aromatic heterocycles. The first-order valence-corrected chi connectivity index (χ1v) is 5.68. The topological polar surface area (TPSA) is 16.1 Å². The van der Waals surface area contributed by atoms with Crippen LogP contribution in [0.4, 0.5) is 5.82 Å². The van der Waals surface area contributed by atoms with Gasteiger partial charge in [0.15, 0.2) is 0 Å². The van der Waals surface area contributed by atoms with E-state index in [1.54, 1.807) is 0 Å². The van der Waals surface area contributed by atoms with Crippen molar-refractivity contribution in [2.24, 2.45) is 5.92 Å². The normalized spacial score (nSPS) is 11.1. The van der Waals surface area contributed by atoms with E-state index in [9.17, 15) is 0 Å². The summed E-state index contributed by atoms with van der Waals surface area (Å²) in [7, 11) is 2.08. The van der Waals surface area contributed by atoms with Gasteiger partial charge in [0.25, 0.3) is 0 Å². The quantitative estimate of drug-likeness (QED) is 0.752. The second-order valence-electron chi connectivity index (χ2n) is 4.83. The molecule has 15 heavy (non-hydrogen) atoms. The molecule has 0 saturated heterocycles. The van der Waals surface area contributed by atoms with Crippen molar-refractivity contribution in [3.8, 4) is 0 Å². The van der Waals surface area contributed by atoms with Gasteiger partial charge in [0.05, 0.1) is 0 Å². The summed E-state index contributed by atoms with van der Waals surface area (Å²) in [5.41, 5.74) is 1.32. The van der Waals surface area contributed by atoms with Crippen molar-refractivity contribution in [2.45, 2.75) is 40.2 Å². The Labute approximate surface area is 93.3 Å². The molecule has 84 valence electrons. The van der Waals surface area contributed by atoms with Gasteiger partial charge < -0.3 is 4.90 Å². The zero-order valence-corrected chi connectivity index (χ0v) is 10.5. The number of anilines is 1. The zero-order chi connectivity index (χ0) is 11.4. The van der Waals surface area contributed by atoms with Crippen LogP contribution in [0.5, 0.6) is 0 Å². The molecule has 0 aliphatic heterocycles. The van der Waals surface area contributed by atoms with E-state index in [1.165, 1.54) is 5.56 Å². The summed E-state index contributed by atoms with van der Waals surface area (Å²) >= 11 is 0. The van der Waals surface area contributed by atoms with E-state index >= 15 is 0 Å². The lowest BCUT2D eigenvalue weighted by Crippen LogP contribution is -2.26. The van der Waals surface area contributed by atoms with E-state index in [0.717, 1.165) is 12.2 Å². The first-order chi connectivity index (χ1) is 7.00. The molecule has 2 nitrogen and oxygen atoms in total. The fraction of sp³-hybridized carbons (Fsp3) is 0.615. The molecule has 1 rings (SSSR count). The van der Waals surface area contributed by atoms with Gasteiger partial charge >= 0.3 is 0 Å². The molecule has 0 radical (unpaired) electrons. The number of aromatic nitrogens is 1. The Morgan fingerprint density at radius 2 is 1.87 bits per heavy atom. The number of hydrogen-bond donors (Lipinski definition) is 0. The van der Waals surface area contributed by atoms with E-state index in [0.29, 0.717) is 12.0 Å². The van der Waals surface area contributed by atoms with Crippen LogP contribution in [0, 0.1) is 5.92 Å². The highest BCUT2D eigenvalue weighted by atomic mass is 15.2. The summed E-state index contributed by atoms with van der Waals surface area (Å²) in [4.78, 5) is 6.66. The lowest BCUT2D eigenvalue weighted by Gasteiger charge is -2.22. The highest BCUT2D eigenvalue weighted by Crippen LogP contribution is 2.14. The van der Waals surface area contributed by atoms with E-state index < -0.39 is 0 Å². The standard InChI is InChI=1S/C13H22N2/c1-10(2)8-12-6-7-13(14-9-12)15(5)11(3)4/h6-7,9-11H,8H2,1-5H3. The fourth-order valence-corrected chi connectivity index (χ4v) is 1.48. The van der Waals surface area contributed by atoms with Gasteiger partial charge in [0.2, 0.25) is 0 Å². The third kappa shape index (κ3) is 3.54. The molecule has 1 aromatic rings. The van der Waals surface area contributed by atoms with Crippen LogP contribution in [-0.4, -0.2) is 18.1 Å². The van der Waals surface area contributed by atoms with Gasteiger partial charge in [-0.25, -0.2) is 4.98 Å². The van der Waals surface area contributed by atoms with Gasteiger partial charge in [0.1, 0.15) is 5.82 Å². The van der Waals surface area contributed by atoms with Gasteiger partial charge in [-0.15, -0.1) is 0 Å². The summed E-state index contributed by atoms with van der Waals surface area (Å²) in [6, 6.07) is 4.78. The minimum Gasteiger partial charge on any atom is -0.357 e. The summed E-state index contributed by atoms with van der Waals surface area (Å²) in [5.74, 6) is 1.75. The Morgan fingerprint density at radius 3 is 2.27 bits per heavy atom. The number of hydrogen-bond acceptors (Lipinski definition) is 2. The van der Waals surface area contributed by atoms with Crippen molar-refractivity contribution < 1.29 is 0 Å². The Morgan fingerprint density at radius 1 is 1.20 bits per heavy atom. The second kappa shape index (κ2) is 5.15. The Hall–Kier alpha value is -1.05. The number of nitrogens with zero attached hydrogens (tertiary/aromatic N) is 2. The molecule has 0 N–H and O–H groups in total. The van der Waals surface area contributed by atoms with Gasteiger partial charge in [-0.3, -0.25) is 0 Å². The van der Waals surface area contributed by atoms with Crippen molar-refractivity contribution in [3.63, 3.8) is 0 Å². The van der Waals surface area contributed by atoms with Crippen LogP contribution in [-0.2, 0) is 6.42 Å². The van der Waals surface area contributed by atoms with Crippen LogP contribution < -0.4 is 4.90 Å². The SMILES string of the molecule is CC(C)Cc1ccc(N(C)C(C)C)nc1. The van der Waals surface area contributed by atoms with Crippen LogP contribution in [0.25, 0.3) is 0 Å². The number of rotatable bonds is 4. The monoisotopic (exact) mass is 206 g/mol. The van der Waals surface area contributed by atoms with Crippen LogP contribution in [0.3, 0.4) is 0 Å². The van der Waals surface area contributed by atoms with Crippen LogP contribution in [0.2, 0.25) is 0 Å². The molecule has 0 spiro atoms. The van der Waals surface area contributed by atoms with Crippen molar-refractivity contribution in [1.82, 2.24) is 4.98 Å². The molecule has 0 saturated carbocycles. The van der Waals surface area contributed by atoms with Crippen molar-refractivity contribution in [3.05, 3.63) is 23.9 Å². The molecule has 0 fully saturated rings. The third-order valence-corrected chi connectivity index (χ3v) is 2.59. The average molecular weight is 206 g/mol. The molecule has 0 bridgehead atoms. The predicted molar refractivity (Wildman–Crippen MR) is 66.3 cm³/mol. The van der Waals surface area contributed by atoms with E-state index in [1.807, 2.05) is 6.20 Å². The van der Waals surface area contributed by atoms with Crippen LogP contribution in [0.15, 0.2) is 18.3 Å². The first kappa shape index (κ1) is 12.0. The maximum Gasteiger partial charge on any atom is 0.128 e. The predicted octanol–water partition coefficient (Wildman–Crippen LogP) is 3.12. The van der Waals surface area contributed by atoms with Crippen LogP contribution in [0.1, 0.15) is 33.3 Å². The van der Waals surface area contributed by atoms with Crippen molar-refractivity contribution in [2.75, 3.05) is 11.9 Å².